The van der Waals surface area contributed by atoms with E-state index in [2.05, 4.69) is 55.2 Å². The van der Waals surface area contributed by atoms with Gasteiger partial charge in [-0.15, -0.1) is 5.92 Å². The molecule has 1 aromatic rings. The second-order valence-electron chi connectivity index (χ2n) is 5.83. The van der Waals surface area contributed by atoms with Crippen LogP contribution in [0.25, 0.3) is 0 Å². The average Bonchev–Trinajstić information content (AvgIpc) is 2.49. The van der Waals surface area contributed by atoms with Crippen LogP contribution in [0.2, 0.25) is 0 Å². The highest BCUT2D eigenvalue weighted by Gasteiger charge is 2.20. The summed E-state index contributed by atoms with van der Waals surface area (Å²) in [5.41, 5.74) is 2.63. The normalized spacial score (nSPS) is 22.5. The molecule has 1 saturated carbocycles. The van der Waals surface area contributed by atoms with Crippen molar-refractivity contribution in [2.75, 3.05) is 0 Å². The molecular formula is C20H26. The predicted molar refractivity (Wildman–Crippen MR) is 87.7 cm³/mol. The molecule has 1 aliphatic rings. The van der Waals surface area contributed by atoms with Crippen molar-refractivity contribution in [3.05, 3.63) is 47.5 Å². The third-order valence-corrected chi connectivity index (χ3v) is 4.29. The molecule has 0 spiro atoms. The Morgan fingerprint density at radius 3 is 2.40 bits per heavy atom. The first kappa shape index (κ1) is 14.9. The fourth-order valence-electron chi connectivity index (χ4n) is 3.08. The molecule has 0 aromatic heterocycles. The molecule has 0 saturated heterocycles. The number of unbranched alkanes of at least 4 members (excludes halogenated alkanes) is 1. The van der Waals surface area contributed by atoms with Crippen molar-refractivity contribution in [3.8, 4) is 11.8 Å². The van der Waals surface area contributed by atoms with Gasteiger partial charge >= 0.3 is 0 Å². The summed E-state index contributed by atoms with van der Waals surface area (Å²) < 4.78 is 0. The number of allylic oxidation sites excluding steroid dienone is 2. The highest BCUT2D eigenvalue weighted by atomic mass is 14.2. The van der Waals surface area contributed by atoms with Gasteiger partial charge in [0.05, 0.1) is 0 Å². The number of rotatable bonds is 4. The van der Waals surface area contributed by atoms with Crippen molar-refractivity contribution in [1.29, 1.82) is 0 Å². The molecule has 0 atom stereocenters. The molecule has 0 nitrogen and oxygen atoms in total. The van der Waals surface area contributed by atoms with Crippen molar-refractivity contribution in [2.45, 2.75) is 58.3 Å². The standard InChI is InChI=1S/C20H26/c1-3-5-6-8-18-11-15-20(16-12-18)19-13-9-17(7-4-2)10-14-19/h6,8-10,13-14,18,20H,3,5,11-12,15-16H2,1-2H3. The summed E-state index contributed by atoms with van der Waals surface area (Å²) in [5.74, 6) is 7.65. The van der Waals surface area contributed by atoms with E-state index in [1.165, 1.54) is 44.1 Å². The van der Waals surface area contributed by atoms with E-state index < -0.39 is 0 Å². The minimum Gasteiger partial charge on any atom is -0.101 e. The van der Waals surface area contributed by atoms with E-state index in [9.17, 15) is 0 Å². The third-order valence-electron chi connectivity index (χ3n) is 4.29. The van der Waals surface area contributed by atoms with Crippen LogP contribution in [0.4, 0.5) is 0 Å². The number of benzene rings is 1. The molecule has 0 heteroatoms. The molecule has 0 unspecified atom stereocenters. The summed E-state index contributed by atoms with van der Waals surface area (Å²) in [6.07, 6.45) is 12.7. The summed E-state index contributed by atoms with van der Waals surface area (Å²) in [4.78, 5) is 0. The summed E-state index contributed by atoms with van der Waals surface area (Å²) in [6, 6.07) is 8.88. The first-order valence-corrected chi connectivity index (χ1v) is 8.03. The Morgan fingerprint density at radius 1 is 1.10 bits per heavy atom. The monoisotopic (exact) mass is 266 g/mol. The van der Waals surface area contributed by atoms with Crippen LogP contribution in [0, 0.1) is 17.8 Å². The smallest absolute Gasteiger partial charge is 0.0245 e. The summed E-state index contributed by atoms with van der Waals surface area (Å²) in [6.45, 7) is 4.13. The van der Waals surface area contributed by atoms with Crippen molar-refractivity contribution >= 4 is 0 Å². The van der Waals surface area contributed by atoms with Crippen LogP contribution < -0.4 is 0 Å². The Balaban J connectivity index is 1.88. The molecule has 1 fully saturated rings. The molecule has 1 aromatic carbocycles. The Morgan fingerprint density at radius 2 is 1.80 bits per heavy atom. The van der Waals surface area contributed by atoms with Gasteiger partial charge in [0.15, 0.2) is 0 Å². The number of hydrogen-bond donors (Lipinski definition) is 0. The maximum Gasteiger partial charge on any atom is 0.0245 e. The molecule has 0 aliphatic heterocycles. The zero-order valence-corrected chi connectivity index (χ0v) is 12.9. The van der Waals surface area contributed by atoms with Gasteiger partial charge in [0, 0.05) is 5.56 Å². The fraction of sp³-hybridized carbons (Fsp3) is 0.500. The molecule has 1 aliphatic carbocycles. The van der Waals surface area contributed by atoms with Crippen molar-refractivity contribution < 1.29 is 0 Å². The SMILES string of the molecule is CC#Cc1ccc(C2CCC(C=CCCC)CC2)cc1. The van der Waals surface area contributed by atoms with E-state index in [4.69, 9.17) is 0 Å². The van der Waals surface area contributed by atoms with E-state index in [1.54, 1.807) is 0 Å². The Kier molecular flexibility index (Phi) is 5.93. The van der Waals surface area contributed by atoms with E-state index >= 15 is 0 Å². The lowest BCUT2D eigenvalue weighted by Gasteiger charge is -2.27. The van der Waals surface area contributed by atoms with Crippen LogP contribution in [-0.2, 0) is 0 Å². The van der Waals surface area contributed by atoms with Gasteiger partial charge in [-0.3, -0.25) is 0 Å². The lowest BCUT2D eigenvalue weighted by Crippen LogP contribution is -2.11. The van der Waals surface area contributed by atoms with Gasteiger partial charge in [-0.1, -0.05) is 43.5 Å². The minimum atomic E-state index is 0.759. The zero-order chi connectivity index (χ0) is 14.2. The molecule has 0 N–H and O–H groups in total. The lowest BCUT2D eigenvalue weighted by atomic mass is 9.78. The minimum absolute atomic E-state index is 0.759. The predicted octanol–water partition coefficient (Wildman–Crippen LogP) is 5.69. The molecular weight excluding hydrogens is 240 g/mol. The molecule has 0 amide bonds. The maximum atomic E-state index is 3.11. The van der Waals surface area contributed by atoms with Gasteiger partial charge < -0.3 is 0 Å². The topological polar surface area (TPSA) is 0 Å². The second kappa shape index (κ2) is 7.95. The van der Waals surface area contributed by atoms with Crippen molar-refractivity contribution in [1.82, 2.24) is 0 Å². The Labute approximate surface area is 124 Å². The van der Waals surface area contributed by atoms with Gasteiger partial charge in [-0.2, -0.15) is 0 Å². The maximum absolute atomic E-state index is 3.11. The van der Waals surface area contributed by atoms with Gasteiger partial charge in [-0.05, 0) is 68.6 Å². The van der Waals surface area contributed by atoms with E-state index in [-0.39, 0.29) is 0 Å². The molecule has 0 heterocycles. The Hall–Kier alpha value is -1.48. The van der Waals surface area contributed by atoms with Gasteiger partial charge in [0.2, 0.25) is 0 Å². The van der Waals surface area contributed by atoms with Crippen LogP contribution >= 0.6 is 0 Å². The number of hydrogen-bond acceptors (Lipinski definition) is 0. The average molecular weight is 266 g/mol. The summed E-state index contributed by atoms with van der Waals surface area (Å²) >= 11 is 0. The van der Waals surface area contributed by atoms with E-state index in [1.807, 2.05) is 6.92 Å². The van der Waals surface area contributed by atoms with E-state index in [0.29, 0.717) is 0 Å². The van der Waals surface area contributed by atoms with E-state index in [0.717, 1.165) is 17.4 Å². The molecule has 20 heavy (non-hydrogen) atoms. The third kappa shape index (κ3) is 4.27. The van der Waals surface area contributed by atoms with Crippen LogP contribution in [0.15, 0.2) is 36.4 Å². The zero-order valence-electron chi connectivity index (χ0n) is 12.9. The first-order valence-electron chi connectivity index (χ1n) is 8.03. The highest BCUT2D eigenvalue weighted by Crippen LogP contribution is 2.36. The lowest BCUT2D eigenvalue weighted by molar-refractivity contribution is 0.375. The molecule has 106 valence electrons. The van der Waals surface area contributed by atoms with Crippen LogP contribution in [0.3, 0.4) is 0 Å². The summed E-state index contributed by atoms with van der Waals surface area (Å²) in [5, 5.41) is 0. The van der Waals surface area contributed by atoms with Crippen LogP contribution in [0.1, 0.15) is 69.4 Å². The second-order valence-corrected chi connectivity index (χ2v) is 5.83. The largest absolute Gasteiger partial charge is 0.101 e. The van der Waals surface area contributed by atoms with Crippen molar-refractivity contribution in [3.63, 3.8) is 0 Å². The molecule has 2 rings (SSSR count). The van der Waals surface area contributed by atoms with Gasteiger partial charge in [0.1, 0.15) is 0 Å². The fourth-order valence-corrected chi connectivity index (χ4v) is 3.08. The quantitative estimate of drug-likeness (QED) is 0.485. The van der Waals surface area contributed by atoms with Crippen LogP contribution in [0.5, 0.6) is 0 Å². The molecule has 0 radical (unpaired) electrons. The molecule has 0 bridgehead atoms. The van der Waals surface area contributed by atoms with Gasteiger partial charge in [0.25, 0.3) is 0 Å². The van der Waals surface area contributed by atoms with Crippen molar-refractivity contribution in [2.24, 2.45) is 5.92 Å². The van der Waals surface area contributed by atoms with Crippen LogP contribution in [-0.4, -0.2) is 0 Å². The van der Waals surface area contributed by atoms with Gasteiger partial charge in [-0.25, -0.2) is 0 Å². The first-order chi connectivity index (χ1) is 9.83. The Bertz CT molecular complexity index is 473. The highest BCUT2D eigenvalue weighted by molar-refractivity contribution is 5.36. The summed E-state index contributed by atoms with van der Waals surface area (Å²) in [7, 11) is 0.